The molecule has 0 aliphatic rings. The Morgan fingerprint density at radius 3 is 2.55 bits per heavy atom. The Kier molecular flexibility index (Phi) is 7.07. The average Bonchev–Trinajstić information content (AvgIpc) is 3.46. The van der Waals surface area contributed by atoms with E-state index in [1.165, 1.54) is 23.1 Å². The van der Waals surface area contributed by atoms with Crippen LogP contribution in [0, 0.1) is 0 Å². The summed E-state index contributed by atoms with van der Waals surface area (Å²) in [5.74, 6) is 0.320. The molecule has 0 fully saturated rings. The number of rotatable bonds is 9. The molecule has 0 aliphatic carbocycles. The van der Waals surface area contributed by atoms with Gasteiger partial charge in [-0.25, -0.2) is 0 Å². The van der Waals surface area contributed by atoms with Gasteiger partial charge >= 0.3 is 0 Å². The largest absolute Gasteiger partial charge is 0.351 e. The third-order valence-corrected chi connectivity index (χ3v) is 6.74. The second kappa shape index (κ2) is 10.3. The maximum atomic E-state index is 12.3. The highest BCUT2D eigenvalue weighted by atomic mass is 32.2. The summed E-state index contributed by atoms with van der Waals surface area (Å²) in [5, 5.41) is 8.96. The van der Waals surface area contributed by atoms with Gasteiger partial charge in [0.2, 0.25) is 5.91 Å². The van der Waals surface area contributed by atoms with Crippen molar-refractivity contribution in [2.75, 3.05) is 12.3 Å². The highest BCUT2D eigenvalue weighted by molar-refractivity contribution is 8.00. The molecule has 0 aliphatic heterocycles. The van der Waals surface area contributed by atoms with Gasteiger partial charge in [-0.15, -0.1) is 23.1 Å². The van der Waals surface area contributed by atoms with Gasteiger partial charge in [0.25, 0.3) is 5.91 Å². The molecule has 0 saturated carbocycles. The van der Waals surface area contributed by atoms with Crippen molar-refractivity contribution in [3.8, 4) is 0 Å². The first-order valence-corrected chi connectivity index (χ1v) is 11.9. The van der Waals surface area contributed by atoms with E-state index in [9.17, 15) is 9.59 Å². The van der Waals surface area contributed by atoms with Crippen LogP contribution in [0.4, 0.5) is 0 Å². The number of hydrogen-bond acceptors (Lipinski definition) is 4. The van der Waals surface area contributed by atoms with E-state index in [-0.39, 0.29) is 11.8 Å². The van der Waals surface area contributed by atoms with Crippen molar-refractivity contribution in [2.45, 2.75) is 18.0 Å². The molecule has 2 aromatic carbocycles. The monoisotopic (exact) mass is 449 g/mol. The molecule has 0 unspecified atom stereocenters. The van der Waals surface area contributed by atoms with Gasteiger partial charge in [-0.05, 0) is 23.1 Å². The van der Waals surface area contributed by atoms with Crippen molar-refractivity contribution in [2.24, 2.45) is 0 Å². The first-order chi connectivity index (χ1) is 15.2. The summed E-state index contributed by atoms with van der Waals surface area (Å²) in [6.07, 6.45) is 2.07. The molecule has 4 rings (SSSR count). The Labute approximate surface area is 189 Å². The van der Waals surface area contributed by atoms with Gasteiger partial charge in [-0.2, -0.15) is 0 Å². The Morgan fingerprint density at radius 2 is 1.74 bits per heavy atom. The van der Waals surface area contributed by atoms with E-state index in [1.807, 2.05) is 60.0 Å². The molecule has 0 atom stereocenters. The van der Waals surface area contributed by atoms with Crippen molar-refractivity contribution in [3.05, 3.63) is 88.7 Å². The predicted octanol–water partition coefficient (Wildman–Crippen LogP) is 4.54. The van der Waals surface area contributed by atoms with Gasteiger partial charge in [0.15, 0.2) is 0 Å². The lowest BCUT2D eigenvalue weighted by atomic mass is 10.2. The van der Waals surface area contributed by atoms with Crippen LogP contribution in [0.15, 0.2) is 83.2 Å². The maximum absolute atomic E-state index is 12.3. The minimum Gasteiger partial charge on any atom is -0.351 e. The zero-order chi connectivity index (χ0) is 21.5. The summed E-state index contributed by atoms with van der Waals surface area (Å²) < 4.78 is 2.13. The summed E-state index contributed by atoms with van der Waals surface area (Å²) in [7, 11) is 0. The van der Waals surface area contributed by atoms with E-state index in [0.29, 0.717) is 25.4 Å². The number of fused-ring (bicyclic) bond motifs is 1. The summed E-state index contributed by atoms with van der Waals surface area (Å²) in [5.41, 5.74) is 2.18. The predicted molar refractivity (Wildman–Crippen MR) is 128 cm³/mol. The van der Waals surface area contributed by atoms with Crippen molar-refractivity contribution in [3.63, 3.8) is 0 Å². The lowest BCUT2D eigenvalue weighted by Gasteiger charge is -2.06. The number of thiophene rings is 1. The Balaban J connectivity index is 1.34. The van der Waals surface area contributed by atoms with Crippen LogP contribution in [-0.4, -0.2) is 28.7 Å². The molecule has 2 heterocycles. The molecule has 0 saturated heterocycles. The van der Waals surface area contributed by atoms with Crippen molar-refractivity contribution >= 4 is 45.8 Å². The fraction of sp³-hybridized carbons (Fsp3) is 0.167. The number of nitrogens with one attached hydrogen (secondary N) is 2. The topological polar surface area (TPSA) is 63.1 Å². The fourth-order valence-electron chi connectivity index (χ4n) is 3.29. The number of aromatic nitrogens is 1. The number of carbonyl (C=O) groups is 2. The zero-order valence-electron chi connectivity index (χ0n) is 16.9. The Bertz CT molecular complexity index is 1150. The van der Waals surface area contributed by atoms with E-state index in [1.54, 1.807) is 0 Å². The standard InChI is InChI=1S/C24H23N3O2S2/c28-23(26-15-18-7-2-1-3-8-18)17-31-22-16-27(20-10-5-4-9-19(20)22)13-12-25-24(29)21-11-6-14-30-21/h1-11,14,16H,12-13,15,17H2,(H,25,29)(H,26,28). The van der Waals surface area contributed by atoms with Crippen LogP contribution in [0.25, 0.3) is 10.9 Å². The van der Waals surface area contributed by atoms with Gasteiger partial charge in [-0.1, -0.05) is 54.6 Å². The van der Waals surface area contributed by atoms with Gasteiger partial charge in [-0.3, -0.25) is 9.59 Å². The van der Waals surface area contributed by atoms with Crippen molar-refractivity contribution < 1.29 is 9.59 Å². The Morgan fingerprint density at radius 1 is 0.935 bits per heavy atom. The van der Waals surface area contributed by atoms with Crippen LogP contribution < -0.4 is 10.6 Å². The molecule has 7 heteroatoms. The van der Waals surface area contributed by atoms with Crippen LogP contribution in [0.5, 0.6) is 0 Å². The average molecular weight is 450 g/mol. The Hall–Kier alpha value is -3.03. The molecule has 158 valence electrons. The van der Waals surface area contributed by atoms with Crippen LogP contribution in [0.1, 0.15) is 15.2 Å². The van der Waals surface area contributed by atoms with E-state index >= 15 is 0 Å². The number of amides is 2. The SMILES string of the molecule is O=C(CSc1cn(CCNC(=O)c2cccs2)c2ccccc12)NCc1ccccc1. The number of nitrogens with zero attached hydrogens (tertiary/aromatic N) is 1. The third kappa shape index (κ3) is 5.57. The summed E-state index contributed by atoms with van der Waals surface area (Å²) in [6, 6.07) is 21.7. The number of para-hydroxylation sites is 1. The number of carbonyl (C=O) groups excluding carboxylic acids is 2. The van der Waals surface area contributed by atoms with E-state index < -0.39 is 0 Å². The molecular weight excluding hydrogens is 426 g/mol. The van der Waals surface area contributed by atoms with Gasteiger partial charge in [0.1, 0.15) is 0 Å². The molecule has 2 N–H and O–H groups in total. The molecule has 0 bridgehead atoms. The molecule has 2 aromatic heterocycles. The number of hydrogen-bond donors (Lipinski definition) is 2. The first-order valence-electron chi connectivity index (χ1n) is 10.0. The second-order valence-corrected chi connectivity index (χ2v) is 8.95. The molecule has 2 amide bonds. The lowest BCUT2D eigenvalue weighted by molar-refractivity contribution is -0.118. The highest BCUT2D eigenvalue weighted by Crippen LogP contribution is 2.29. The normalized spacial score (nSPS) is 10.8. The van der Waals surface area contributed by atoms with Gasteiger partial charge in [0.05, 0.1) is 10.6 Å². The number of thioether (sulfide) groups is 1. The summed E-state index contributed by atoms with van der Waals surface area (Å²) >= 11 is 2.97. The minimum absolute atomic E-state index is 0.00824. The van der Waals surface area contributed by atoms with Crippen LogP contribution in [0.3, 0.4) is 0 Å². The van der Waals surface area contributed by atoms with Gasteiger partial charge in [0, 0.05) is 41.6 Å². The smallest absolute Gasteiger partial charge is 0.261 e. The maximum Gasteiger partial charge on any atom is 0.261 e. The molecule has 0 radical (unpaired) electrons. The zero-order valence-corrected chi connectivity index (χ0v) is 18.5. The second-order valence-electron chi connectivity index (χ2n) is 6.99. The highest BCUT2D eigenvalue weighted by Gasteiger charge is 2.11. The molecule has 0 spiro atoms. The van der Waals surface area contributed by atoms with Gasteiger partial charge < -0.3 is 15.2 Å². The molecular formula is C24H23N3O2S2. The van der Waals surface area contributed by atoms with Crippen LogP contribution in [-0.2, 0) is 17.9 Å². The van der Waals surface area contributed by atoms with E-state index in [4.69, 9.17) is 0 Å². The van der Waals surface area contributed by atoms with Crippen molar-refractivity contribution in [1.29, 1.82) is 0 Å². The van der Waals surface area contributed by atoms with Crippen LogP contribution >= 0.6 is 23.1 Å². The summed E-state index contributed by atoms with van der Waals surface area (Å²) in [6.45, 7) is 1.74. The lowest BCUT2D eigenvalue weighted by Crippen LogP contribution is -2.26. The van der Waals surface area contributed by atoms with Crippen LogP contribution in [0.2, 0.25) is 0 Å². The van der Waals surface area contributed by atoms with E-state index in [2.05, 4.69) is 33.5 Å². The molecule has 31 heavy (non-hydrogen) atoms. The first kappa shape index (κ1) is 21.2. The number of benzene rings is 2. The van der Waals surface area contributed by atoms with Crippen molar-refractivity contribution in [1.82, 2.24) is 15.2 Å². The fourth-order valence-corrected chi connectivity index (χ4v) is 4.85. The molecule has 5 nitrogen and oxygen atoms in total. The third-order valence-electron chi connectivity index (χ3n) is 4.83. The summed E-state index contributed by atoms with van der Waals surface area (Å²) in [4.78, 5) is 26.2. The quantitative estimate of drug-likeness (QED) is 0.369. The minimum atomic E-state index is -0.0452. The molecule has 4 aromatic rings. The van der Waals surface area contributed by atoms with E-state index in [0.717, 1.165) is 26.2 Å².